The van der Waals surface area contributed by atoms with Crippen molar-refractivity contribution in [3.8, 4) is 11.5 Å². The fourth-order valence-corrected chi connectivity index (χ4v) is 1.95. The summed E-state index contributed by atoms with van der Waals surface area (Å²) in [6.45, 7) is 0. The minimum absolute atomic E-state index is 0.00407. The number of aromatic hydroxyl groups is 2. The number of non-ortho nitro benzene ring substituents is 2. The summed E-state index contributed by atoms with van der Waals surface area (Å²) in [5.41, 5.74) is -0.0932. The van der Waals surface area contributed by atoms with Crippen LogP contribution >= 0.6 is 31.9 Å². The zero-order valence-electron chi connectivity index (χ0n) is 10.6. The minimum Gasteiger partial charge on any atom is -0.507 e. The van der Waals surface area contributed by atoms with E-state index < -0.39 is 9.85 Å². The molecule has 0 aromatic heterocycles. The minimum atomic E-state index is -0.524. The lowest BCUT2D eigenvalue weighted by molar-refractivity contribution is -0.385. The smallest absolute Gasteiger partial charge is 0.270 e. The van der Waals surface area contributed by atoms with E-state index in [-0.39, 0.29) is 22.9 Å². The van der Waals surface area contributed by atoms with Gasteiger partial charge in [-0.3, -0.25) is 20.2 Å². The molecule has 2 N–H and O–H groups in total. The molecule has 2 aromatic carbocycles. The van der Waals surface area contributed by atoms with Crippen molar-refractivity contribution in [2.75, 3.05) is 0 Å². The molecule has 0 radical (unpaired) electrons. The third-order valence-corrected chi connectivity index (χ3v) is 3.55. The van der Waals surface area contributed by atoms with Crippen LogP contribution < -0.4 is 0 Å². The molecular formula is C12H8Br2N2O6. The molecule has 22 heavy (non-hydrogen) atoms. The van der Waals surface area contributed by atoms with Gasteiger partial charge in [-0.2, -0.15) is 0 Å². The predicted octanol–water partition coefficient (Wildman–Crippen LogP) is 4.13. The van der Waals surface area contributed by atoms with Crippen LogP contribution in [0.5, 0.6) is 11.5 Å². The van der Waals surface area contributed by atoms with Gasteiger partial charge in [-0.25, -0.2) is 0 Å². The van der Waals surface area contributed by atoms with E-state index in [9.17, 15) is 20.2 Å². The van der Waals surface area contributed by atoms with Crippen molar-refractivity contribution in [3.63, 3.8) is 0 Å². The maximum atomic E-state index is 10.2. The summed E-state index contributed by atoms with van der Waals surface area (Å²) in [5, 5.41) is 38.2. The number of rotatable bonds is 2. The highest BCUT2D eigenvalue weighted by Gasteiger charge is 2.07. The van der Waals surface area contributed by atoms with Gasteiger partial charge in [0, 0.05) is 24.3 Å². The standard InChI is InChI=1S/2C6H4BrNO3/c2*7-5-3-4(8(10)11)1-2-6(5)9/h2*1-3,9H. The van der Waals surface area contributed by atoms with Crippen molar-refractivity contribution in [1.82, 2.24) is 0 Å². The molecule has 0 aliphatic carbocycles. The molecule has 0 spiro atoms. The lowest BCUT2D eigenvalue weighted by atomic mass is 10.3. The summed E-state index contributed by atoms with van der Waals surface area (Å²) in [5.74, 6) is -0.00815. The van der Waals surface area contributed by atoms with Gasteiger partial charge in [-0.1, -0.05) is 0 Å². The first-order valence-electron chi connectivity index (χ1n) is 5.48. The lowest BCUT2D eigenvalue weighted by Crippen LogP contribution is -1.86. The van der Waals surface area contributed by atoms with Crippen molar-refractivity contribution in [2.45, 2.75) is 0 Å². The monoisotopic (exact) mass is 434 g/mol. The fourth-order valence-electron chi connectivity index (χ4n) is 1.22. The van der Waals surface area contributed by atoms with E-state index in [1.165, 1.54) is 36.4 Å². The summed E-state index contributed by atoms with van der Waals surface area (Å²) in [7, 11) is 0. The Morgan fingerprint density at radius 2 is 1.09 bits per heavy atom. The van der Waals surface area contributed by atoms with E-state index in [1.54, 1.807) is 0 Å². The summed E-state index contributed by atoms with van der Waals surface area (Å²) < 4.78 is 0.651. The van der Waals surface area contributed by atoms with Crippen molar-refractivity contribution >= 4 is 43.2 Å². The highest BCUT2D eigenvalue weighted by molar-refractivity contribution is 9.10. The lowest BCUT2D eigenvalue weighted by Gasteiger charge is -1.94. The molecule has 116 valence electrons. The molecule has 0 fully saturated rings. The third-order valence-electron chi connectivity index (χ3n) is 2.28. The van der Waals surface area contributed by atoms with Crippen LogP contribution in [0.25, 0.3) is 0 Å². The Morgan fingerprint density at radius 1 is 0.773 bits per heavy atom. The normalized spacial score (nSPS) is 9.55. The Kier molecular flexibility index (Phi) is 6.25. The van der Waals surface area contributed by atoms with Gasteiger partial charge in [-0.05, 0) is 44.0 Å². The van der Waals surface area contributed by atoms with Gasteiger partial charge in [-0.15, -0.1) is 0 Å². The van der Waals surface area contributed by atoms with Gasteiger partial charge in [0.2, 0.25) is 0 Å². The summed E-state index contributed by atoms with van der Waals surface area (Å²) >= 11 is 5.92. The Morgan fingerprint density at radius 3 is 1.32 bits per heavy atom. The van der Waals surface area contributed by atoms with E-state index in [0.717, 1.165) is 0 Å². The first kappa shape index (κ1) is 17.9. The van der Waals surface area contributed by atoms with E-state index in [2.05, 4.69) is 31.9 Å². The van der Waals surface area contributed by atoms with Gasteiger partial charge in [0.1, 0.15) is 11.5 Å². The highest BCUT2D eigenvalue weighted by atomic mass is 79.9. The van der Waals surface area contributed by atoms with Gasteiger partial charge in [0.25, 0.3) is 11.4 Å². The number of hydrogen-bond acceptors (Lipinski definition) is 6. The average molecular weight is 436 g/mol. The maximum Gasteiger partial charge on any atom is 0.270 e. The van der Waals surface area contributed by atoms with Gasteiger partial charge in [0.15, 0.2) is 0 Å². The molecule has 10 heteroatoms. The van der Waals surface area contributed by atoms with E-state index in [1.807, 2.05) is 0 Å². The topological polar surface area (TPSA) is 127 Å². The first-order chi connectivity index (χ1) is 10.2. The highest BCUT2D eigenvalue weighted by Crippen LogP contribution is 2.28. The second-order valence-corrected chi connectivity index (χ2v) is 5.49. The summed E-state index contributed by atoms with van der Waals surface area (Å²) in [4.78, 5) is 19.3. The van der Waals surface area contributed by atoms with E-state index >= 15 is 0 Å². The molecule has 0 amide bonds. The Hall–Kier alpha value is -2.20. The SMILES string of the molecule is O=[N+]([O-])c1ccc(O)c(Br)c1.O=[N+]([O-])c1ccc(O)c(Br)c1. The zero-order chi connectivity index (χ0) is 16.9. The zero-order valence-corrected chi connectivity index (χ0v) is 13.8. The fraction of sp³-hybridized carbons (Fsp3) is 0. The van der Waals surface area contributed by atoms with Crippen LogP contribution in [0.3, 0.4) is 0 Å². The molecule has 8 nitrogen and oxygen atoms in total. The summed E-state index contributed by atoms with van der Waals surface area (Å²) in [6, 6.07) is 7.50. The van der Waals surface area contributed by atoms with Crippen LogP contribution in [-0.2, 0) is 0 Å². The van der Waals surface area contributed by atoms with Crippen LogP contribution in [0.1, 0.15) is 0 Å². The molecule has 0 unspecified atom stereocenters. The molecule has 2 rings (SSSR count). The molecule has 0 aliphatic rings. The Balaban J connectivity index is 0.000000220. The second-order valence-electron chi connectivity index (χ2n) is 3.79. The van der Waals surface area contributed by atoms with Gasteiger partial charge < -0.3 is 10.2 Å². The molecule has 0 bridgehead atoms. The Labute approximate surface area is 140 Å². The second kappa shape index (κ2) is 7.71. The molecule has 0 atom stereocenters. The van der Waals surface area contributed by atoms with Crippen molar-refractivity contribution in [3.05, 3.63) is 65.6 Å². The van der Waals surface area contributed by atoms with Crippen LogP contribution in [0.4, 0.5) is 11.4 Å². The third kappa shape index (κ3) is 4.97. The molecular weight excluding hydrogens is 428 g/mol. The van der Waals surface area contributed by atoms with Crippen LogP contribution in [0.15, 0.2) is 45.3 Å². The number of nitro benzene ring substituents is 2. The molecule has 2 aromatic rings. The molecule has 0 saturated carbocycles. The average Bonchev–Trinajstić information content (AvgIpc) is 2.45. The van der Waals surface area contributed by atoms with Gasteiger partial charge in [0.05, 0.1) is 18.8 Å². The molecule has 0 saturated heterocycles. The number of hydrogen-bond donors (Lipinski definition) is 2. The van der Waals surface area contributed by atoms with Crippen LogP contribution in [0, 0.1) is 20.2 Å². The predicted molar refractivity (Wildman–Crippen MR) is 84.9 cm³/mol. The van der Waals surface area contributed by atoms with E-state index in [4.69, 9.17) is 10.2 Å². The van der Waals surface area contributed by atoms with Crippen LogP contribution in [0.2, 0.25) is 0 Å². The number of benzene rings is 2. The number of nitrogens with zero attached hydrogens (tertiary/aromatic N) is 2. The number of phenolic OH excluding ortho intramolecular Hbond substituents is 2. The molecule has 0 heterocycles. The Bertz CT molecular complexity index is 661. The number of phenols is 2. The van der Waals surface area contributed by atoms with Crippen LogP contribution in [-0.4, -0.2) is 20.1 Å². The maximum absolute atomic E-state index is 10.2. The summed E-state index contributed by atoms with van der Waals surface area (Å²) in [6.07, 6.45) is 0. The van der Waals surface area contributed by atoms with Crippen molar-refractivity contribution in [1.29, 1.82) is 0 Å². The number of halogens is 2. The molecule has 0 aliphatic heterocycles. The quantitative estimate of drug-likeness (QED) is 0.539. The first-order valence-corrected chi connectivity index (χ1v) is 7.06. The van der Waals surface area contributed by atoms with Crippen molar-refractivity contribution < 1.29 is 20.1 Å². The van der Waals surface area contributed by atoms with Gasteiger partial charge >= 0.3 is 0 Å². The van der Waals surface area contributed by atoms with E-state index in [0.29, 0.717) is 8.95 Å². The largest absolute Gasteiger partial charge is 0.507 e. The van der Waals surface area contributed by atoms with Crippen molar-refractivity contribution in [2.24, 2.45) is 0 Å². The number of nitro groups is 2.